The highest BCUT2D eigenvalue weighted by molar-refractivity contribution is 7.92. The zero-order valence-corrected chi connectivity index (χ0v) is 15.8. The number of rotatable bonds is 5. The summed E-state index contributed by atoms with van der Waals surface area (Å²) < 4.78 is 27.4. The Bertz CT molecular complexity index is 1110. The number of aryl methyl sites for hydroxylation is 1. The molecule has 1 heterocycles. The predicted octanol–water partition coefficient (Wildman–Crippen LogP) is 4.46. The van der Waals surface area contributed by atoms with E-state index in [0.29, 0.717) is 27.7 Å². The van der Waals surface area contributed by atoms with Gasteiger partial charge >= 0.3 is 0 Å². The van der Waals surface area contributed by atoms with E-state index in [1.165, 1.54) is 18.3 Å². The first-order valence-corrected chi connectivity index (χ1v) is 9.76. The highest BCUT2D eigenvalue weighted by atomic mass is 35.5. The summed E-state index contributed by atoms with van der Waals surface area (Å²) in [4.78, 5) is 4.33. The molecular weight excluding hydrogens is 384 g/mol. The SMILES string of the molecule is Cc1cc(S(=O)(=O)Nc2ccc(Nc3ccc(C#N)cc3)nc2)ccc1Cl. The highest BCUT2D eigenvalue weighted by Crippen LogP contribution is 2.22. The third-order valence-electron chi connectivity index (χ3n) is 3.74. The zero-order valence-electron chi connectivity index (χ0n) is 14.3. The largest absolute Gasteiger partial charge is 0.340 e. The molecule has 8 heteroatoms. The maximum absolute atomic E-state index is 12.5. The first kappa shape index (κ1) is 18.7. The van der Waals surface area contributed by atoms with Crippen LogP contribution in [0.15, 0.2) is 65.7 Å². The molecule has 0 aliphatic carbocycles. The monoisotopic (exact) mass is 398 g/mol. The molecule has 0 amide bonds. The summed E-state index contributed by atoms with van der Waals surface area (Å²) in [5, 5.41) is 12.4. The molecule has 0 aliphatic heterocycles. The molecule has 0 aliphatic rings. The van der Waals surface area contributed by atoms with E-state index < -0.39 is 10.0 Å². The van der Waals surface area contributed by atoms with Crippen molar-refractivity contribution in [2.45, 2.75) is 11.8 Å². The van der Waals surface area contributed by atoms with Crippen molar-refractivity contribution in [3.63, 3.8) is 0 Å². The van der Waals surface area contributed by atoms with Crippen molar-refractivity contribution in [2.24, 2.45) is 0 Å². The average Bonchev–Trinajstić information content (AvgIpc) is 2.66. The summed E-state index contributed by atoms with van der Waals surface area (Å²) in [6.07, 6.45) is 1.42. The number of nitriles is 1. The second-order valence-corrected chi connectivity index (χ2v) is 7.85. The van der Waals surface area contributed by atoms with E-state index in [2.05, 4.69) is 21.1 Å². The van der Waals surface area contributed by atoms with Crippen molar-refractivity contribution in [2.75, 3.05) is 10.0 Å². The van der Waals surface area contributed by atoms with Gasteiger partial charge in [-0.15, -0.1) is 0 Å². The molecule has 2 aromatic carbocycles. The first-order chi connectivity index (χ1) is 12.9. The van der Waals surface area contributed by atoms with Gasteiger partial charge in [0.15, 0.2) is 0 Å². The number of hydrogen-bond donors (Lipinski definition) is 2. The Balaban J connectivity index is 1.72. The molecule has 6 nitrogen and oxygen atoms in total. The van der Waals surface area contributed by atoms with E-state index in [1.54, 1.807) is 49.4 Å². The fourth-order valence-corrected chi connectivity index (χ4v) is 3.55. The molecule has 3 rings (SSSR count). The Morgan fingerprint density at radius 3 is 2.33 bits per heavy atom. The maximum atomic E-state index is 12.5. The number of pyridine rings is 1. The van der Waals surface area contributed by atoms with Crippen LogP contribution in [0.25, 0.3) is 0 Å². The molecular formula is C19H15ClN4O2S. The zero-order chi connectivity index (χ0) is 19.4. The third kappa shape index (κ3) is 4.56. The highest BCUT2D eigenvalue weighted by Gasteiger charge is 2.15. The summed E-state index contributed by atoms with van der Waals surface area (Å²) in [7, 11) is -3.73. The molecule has 0 unspecified atom stereocenters. The smallest absolute Gasteiger partial charge is 0.261 e. The molecule has 0 atom stereocenters. The minimum absolute atomic E-state index is 0.129. The molecule has 3 aromatic rings. The molecule has 27 heavy (non-hydrogen) atoms. The van der Waals surface area contributed by atoms with Gasteiger partial charge in [-0.2, -0.15) is 5.26 Å². The molecule has 0 fully saturated rings. The van der Waals surface area contributed by atoms with Gasteiger partial charge in [-0.3, -0.25) is 4.72 Å². The fourth-order valence-electron chi connectivity index (χ4n) is 2.30. The quantitative estimate of drug-likeness (QED) is 0.661. The van der Waals surface area contributed by atoms with Crippen LogP contribution < -0.4 is 10.0 Å². The van der Waals surface area contributed by atoms with Gasteiger partial charge in [-0.1, -0.05) is 11.6 Å². The summed E-state index contributed by atoms with van der Waals surface area (Å²) >= 11 is 5.94. The minimum Gasteiger partial charge on any atom is -0.340 e. The van der Waals surface area contributed by atoms with E-state index in [-0.39, 0.29) is 4.90 Å². The van der Waals surface area contributed by atoms with Crippen molar-refractivity contribution in [3.8, 4) is 6.07 Å². The van der Waals surface area contributed by atoms with Crippen LogP contribution >= 0.6 is 11.6 Å². The molecule has 0 radical (unpaired) electrons. The lowest BCUT2D eigenvalue weighted by Crippen LogP contribution is -2.13. The minimum atomic E-state index is -3.73. The van der Waals surface area contributed by atoms with Gasteiger partial charge < -0.3 is 5.32 Å². The summed E-state index contributed by atoms with van der Waals surface area (Å²) in [6, 6.07) is 16.7. The van der Waals surface area contributed by atoms with Gasteiger partial charge in [-0.25, -0.2) is 13.4 Å². The standard InChI is InChI=1S/C19H15ClN4O2S/c1-13-10-17(7-8-18(13)20)27(25,26)24-16-6-9-19(22-12-16)23-15-4-2-14(11-21)3-5-15/h2-10,12,24H,1H3,(H,22,23). The van der Waals surface area contributed by atoms with Crippen LogP contribution in [-0.4, -0.2) is 13.4 Å². The van der Waals surface area contributed by atoms with Gasteiger partial charge in [-0.05, 0) is 67.1 Å². The van der Waals surface area contributed by atoms with Gasteiger partial charge in [0.1, 0.15) is 5.82 Å². The van der Waals surface area contributed by atoms with Crippen LogP contribution in [0.3, 0.4) is 0 Å². The Hall–Kier alpha value is -3.08. The van der Waals surface area contributed by atoms with Crippen LogP contribution in [0.4, 0.5) is 17.2 Å². The number of hydrogen-bond acceptors (Lipinski definition) is 5. The number of sulfonamides is 1. The van der Waals surface area contributed by atoms with Crippen molar-refractivity contribution in [1.29, 1.82) is 5.26 Å². The van der Waals surface area contributed by atoms with Crippen molar-refractivity contribution in [1.82, 2.24) is 4.98 Å². The van der Waals surface area contributed by atoms with Crippen molar-refractivity contribution in [3.05, 3.63) is 76.9 Å². The maximum Gasteiger partial charge on any atom is 0.261 e. The first-order valence-electron chi connectivity index (χ1n) is 7.89. The predicted molar refractivity (Wildman–Crippen MR) is 106 cm³/mol. The molecule has 0 bridgehead atoms. The third-order valence-corrected chi connectivity index (χ3v) is 5.54. The second-order valence-electron chi connectivity index (χ2n) is 5.76. The molecule has 1 aromatic heterocycles. The normalized spacial score (nSPS) is 10.9. The van der Waals surface area contributed by atoms with Crippen molar-refractivity contribution >= 4 is 38.8 Å². The molecule has 136 valence electrons. The number of benzene rings is 2. The van der Waals surface area contributed by atoms with E-state index in [1.807, 2.05) is 0 Å². The van der Waals surface area contributed by atoms with Crippen LogP contribution in [-0.2, 0) is 10.0 Å². The lowest BCUT2D eigenvalue weighted by molar-refractivity contribution is 0.601. The summed E-state index contributed by atoms with van der Waals surface area (Å²) in [5.41, 5.74) is 2.36. The molecule has 0 saturated carbocycles. The summed E-state index contributed by atoms with van der Waals surface area (Å²) in [6.45, 7) is 1.74. The number of anilines is 3. The number of halogens is 1. The van der Waals surface area contributed by atoms with E-state index in [4.69, 9.17) is 16.9 Å². The van der Waals surface area contributed by atoms with Crippen LogP contribution in [0.2, 0.25) is 5.02 Å². The van der Waals surface area contributed by atoms with Crippen molar-refractivity contribution < 1.29 is 8.42 Å². The van der Waals surface area contributed by atoms with Crippen LogP contribution in [0.1, 0.15) is 11.1 Å². The number of nitrogens with one attached hydrogen (secondary N) is 2. The number of nitrogens with zero attached hydrogens (tertiary/aromatic N) is 2. The lowest BCUT2D eigenvalue weighted by atomic mass is 10.2. The van der Waals surface area contributed by atoms with Gasteiger partial charge in [0.2, 0.25) is 0 Å². The lowest BCUT2D eigenvalue weighted by Gasteiger charge is -2.10. The van der Waals surface area contributed by atoms with Gasteiger partial charge in [0, 0.05) is 10.7 Å². The molecule has 2 N–H and O–H groups in total. The Morgan fingerprint density at radius 2 is 1.74 bits per heavy atom. The number of aromatic nitrogens is 1. The Morgan fingerprint density at radius 1 is 1.04 bits per heavy atom. The summed E-state index contributed by atoms with van der Waals surface area (Å²) in [5.74, 6) is 0.546. The van der Waals surface area contributed by atoms with Crippen LogP contribution in [0, 0.1) is 18.3 Å². The topological polar surface area (TPSA) is 94.9 Å². The van der Waals surface area contributed by atoms with Crippen LogP contribution in [0.5, 0.6) is 0 Å². The molecule has 0 saturated heterocycles. The van der Waals surface area contributed by atoms with Gasteiger partial charge in [0.25, 0.3) is 10.0 Å². The van der Waals surface area contributed by atoms with Gasteiger partial charge in [0.05, 0.1) is 28.4 Å². The Kier molecular flexibility index (Phi) is 5.31. The fraction of sp³-hybridized carbons (Fsp3) is 0.0526. The second kappa shape index (κ2) is 7.66. The van der Waals surface area contributed by atoms with E-state index in [9.17, 15) is 8.42 Å². The van der Waals surface area contributed by atoms with E-state index in [0.717, 1.165) is 5.69 Å². The van der Waals surface area contributed by atoms with E-state index >= 15 is 0 Å². The Labute approximate surface area is 162 Å². The average molecular weight is 399 g/mol. The molecule has 0 spiro atoms.